The quantitative estimate of drug-likeness (QED) is 0.938. The Balaban J connectivity index is 2.45. The molecule has 6 nitrogen and oxygen atoms in total. The van der Waals surface area contributed by atoms with E-state index in [1.54, 1.807) is 19.1 Å². The second-order valence-electron chi connectivity index (χ2n) is 3.58. The molecule has 19 heavy (non-hydrogen) atoms. The Bertz CT molecular complexity index is 707. The summed E-state index contributed by atoms with van der Waals surface area (Å²) >= 11 is 12.0. The van der Waals surface area contributed by atoms with Crippen molar-refractivity contribution >= 4 is 38.9 Å². The van der Waals surface area contributed by atoms with E-state index in [4.69, 9.17) is 23.2 Å². The lowest BCUT2D eigenvalue weighted by Crippen LogP contribution is -2.17. The van der Waals surface area contributed by atoms with Gasteiger partial charge in [0.25, 0.3) is 15.2 Å². The van der Waals surface area contributed by atoms with Crippen molar-refractivity contribution in [3.63, 3.8) is 0 Å². The average Bonchev–Trinajstić information content (AvgIpc) is 2.40. The predicted molar refractivity (Wildman–Crippen MR) is 71.8 cm³/mol. The molecule has 1 aromatic heterocycles. The van der Waals surface area contributed by atoms with E-state index in [0.29, 0.717) is 5.56 Å². The average molecular weight is 319 g/mol. The maximum absolute atomic E-state index is 12.0. The molecule has 0 saturated carbocycles. The lowest BCUT2D eigenvalue weighted by molar-refractivity contribution is 0.591. The molecule has 0 atom stereocenters. The second kappa shape index (κ2) is 5.28. The van der Waals surface area contributed by atoms with Crippen LogP contribution in [0, 0.1) is 6.92 Å². The van der Waals surface area contributed by atoms with Crippen molar-refractivity contribution in [3.8, 4) is 0 Å². The Morgan fingerprint density at radius 2 is 1.79 bits per heavy atom. The molecule has 0 aliphatic heterocycles. The zero-order valence-electron chi connectivity index (χ0n) is 9.63. The number of benzene rings is 1. The van der Waals surface area contributed by atoms with Gasteiger partial charge in [0.1, 0.15) is 12.7 Å². The van der Waals surface area contributed by atoms with E-state index in [0.717, 1.165) is 12.7 Å². The number of hydrogen-bond donors (Lipinski definition) is 1. The summed E-state index contributed by atoms with van der Waals surface area (Å²) in [5.41, 5.74) is 0.795. The van der Waals surface area contributed by atoms with Crippen LogP contribution in [0.4, 0.5) is 5.69 Å². The number of nitrogens with zero attached hydrogens (tertiary/aromatic N) is 3. The first kappa shape index (κ1) is 14.0. The number of aromatic nitrogens is 3. The van der Waals surface area contributed by atoms with Crippen LogP contribution in [0.25, 0.3) is 0 Å². The molecule has 1 N–H and O–H groups in total. The highest BCUT2D eigenvalue weighted by atomic mass is 35.5. The Labute approximate surface area is 119 Å². The molecule has 0 bridgehead atoms. The van der Waals surface area contributed by atoms with Crippen LogP contribution in [0.3, 0.4) is 0 Å². The van der Waals surface area contributed by atoms with Gasteiger partial charge in [-0.2, -0.15) is 8.42 Å². The minimum atomic E-state index is -3.96. The van der Waals surface area contributed by atoms with E-state index in [2.05, 4.69) is 19.7 Å². The second-order valence-corrected chi connectivity index (χ2v) is 5.94. The lowest BCUT2D eigenvalue weighted by atomic mass is 10.2. The molecule has 0 radical (unpaired) electrons. The zero-order chi connectivity index (χ0) is 14.0. The van der Waals surface area contributed by atoms with Gasteiger partial charge in [-0.25, -0.2) is 15.0 Å². The summed E-state index contributed by atoms with van der Waals surface area (Å²) in [5, 5.41) is 0.00880. The van der Waals surface area contributed by atoms with Gasteiger partial charge in [0.05, 0.1) is 15.7 Å². The molecular weight excluding hydrogens is 311 g/mol. The van der Waals surface area contributed by atoms with E-state index in [9.17, 15) is 8.42 Å². The van der Waals surface area contributed by atoms with Crippen molar-refractivity contribution in [3.05, 3.63) is 40.4 Å². The molecule has 0 saturated heterocycles. The summed E-state index contributed by atoms with van der Waals surface area (Å²) in [6, 6.07) is 3.24. The number of halogens is 2. The van der Waals surface area contributed by atoms with Crippen LogP contribution in [-0.2, 0) is 10.0 Å². The van der Waals surface area contributed by atoms with E-state index in [-0.39, 0.29) is 15.7 Å². The van der Waals surface area contributed by atoms with Crippen molar-refractivity contribution in [2.45, 2.75) is 12.1 Å². The van der Waals surface area contributed by atoms with Crippen LogP contribution in [0.5, 0.6) is 0 Å². The number of rotatable bonds is 3. The van der Waals surface area contributed by atoms with Gasteiger partial charge in [0, 0.05) is 0 Å². The topological polar surface area (TPSA) is 84.8 Å². The number of hydrogen-bond acceptors (Lipinski definition) is 5. The van der Waals surface area contributed by atoms with Gasteiger partial charge >= 0.3 is 0 Å². The molecule has 2 aromatic rings. The number of anilines is 1. The molecule has 100 valence electrons. The third-order valence-electron chi connectivity index (χ3n) is 2.23. The first-order chi connectivity index (χ1) is 8.92. The van der Waals surface area contributed by atoms with Gasteiger partial charge in [-0.15, -0.1) is 0 Å². The van der Waals surface area contributed by atoms with E-state index in [1.165, 1.54) is 0 Å². The van der Waals surface area contributed by atoms with E-state index in [1.807, 2.05) is 0 Å². The fourth-order valence-corrected chi connectivity index (χ4v) is 2.82. The van der Waals surface area contributed by atoms with E-state index >= 15 is 0 Å². The molecule has 2 rings (SSSR count). The van der Waals surface area contributed by atoms with Gasteiger partial charge < -0.3 is 0 Å². The third-order valence-corrected chi connectivity index (χ3v) is 4.20. The lowest BCUT2D eigenvalue weighted by Gasteiger charge is -2.11. The Hall–Kier alpha value is -1.44. The smallest absolute Gasteiger partial charge is 0.274 e. The SMILES string of the molecule is Cc1ccc(Cl)c(NS(=O)(=O)c2ncncn2)c1Cl. The molecule has 0 spiro atoms. The number of nitrogens with one attached hydrogen (secondary N) is 1. The van der Waals surface area contributed by atoms with E-state index < -0.39 is 15.2 Å². The van der Waals surface area contributed by atoms with Gasteiger partial charge in [-0.3, -0.25) is 4.72 Å². The Morgan fingerprint density at radius 1 is 1.16 bits per heavy atom. The molecule has 0 amide bonds. The molecule has 0 unspecified atom stereocenters. The molecule has 0 fully saturated rings. The largest absolute Gasteiger partial charge is 0.297 e. The summed E-state index contributed by atoms with van der Waals surface area (Å²) < 4.78 is 26.3. The van der Waals surface area contributed by atoms with Gasteiger partial charge in [0.15, 0.2) is 0 Å². The van der Waals surface area contributed by atoms with Crippen LogP contribution in [-0.4, -0.2) is 23.4 Å². The molecule has 1 heterocycles. The van der Waals surface area contributed by atoms with Crippen LogP contribution in [0.1, 0.15) is 5.56 Å². The first-order valence-electron chi connectivity index (χ1n) is 5.01. The summed E-state index contributed by atoms with van der Waals surface area (Å²) in [6.45, 7) is 1.74. The molecule has 0 aliphatic rings. The highest BCUT2D eigenvalue weighted by Crippen LogP contribution is 2.34. The standard InChI is InChI=1S/C10H8Cl2N4O2S/c1-6-2-3-7(11)9(8(6)12)16-19(17,18)10-14-4-13-5-15-10/h2-5,16H,1H3. The number of sulfonamides is 1. The van der Waals surface area contributed by atoms with Crippen molar-refractivity contribution in [2.24, 2.45) is 0 Å². The third kappa shape index (κ3) is 2.94. The van der Waals surface area contributed by atoms with Crippen molar-refractivity contribution in [1.82, 2.24) is 15.0 Å². The maximum Gasteiger partial charge on any atom is 0.297 e. The van der Waals surface area contributed by atoms with Crippen molar-refractivity contribution < 1.29 is 8.42 Å². The van der Waals surface area contributed by atoms with Gasteiger partial charge in [-0.05, 0) is 18.6 Å². The van der Waals surface area contributed by atoms with Crippen molar-refractivity contribution in [1.29, 1.82) is 0 Å². The Kier molecular flexibility index (Phi) is 3.88. The number of aryl methyl sites for hydroxylation is 1. The minimum absolute atomic E-state index is 0.101. The van der Waals surface area contributed by atoms with Gasteiger partial charge in [0.2, 0.25) is 0 Å². The van der Waals surface area contributed by atoms with Crippen molar-refractivity contribution in [2.75, 3.05) is 4.72 Å². The van der Waals surface area contributed by atoms with Crippen LogP contribution in [0.15, 0.2) is 29.9 Å². The molecule has 9 heteroatoms. The highest BCUT2D eigenvalue weighted by molar-refractivity contribution is 7.92. The summed E-state index contributed by atoms with van der Waals surface area (Å²) in [6.07, 6.45) is 2.17. The predicted octanol–water partition coefficient (Wildman–Crippen LogP) is 2.29. The van der Waals surface area contributed by atoms with Crippen LogP contribution < -0.4 is 4.72 Å². The zero-order valence-corrected chi connectivity index (χ0v) is 12.0. The minimum Gasteiger partial charge on any atom is -0.274 e. The molecule has 0 aliphatic carbocycles. The Morgan fingerprint density at radius 3 is 2.42 bits per heavy atom. The summed E-state index contributed by atoms with van der Waals surface area (Å²) in [7, 11) is -3.96. The highest BCUT2D eigenvalue weighted by Gasteiger charge is 2.21. The normalized spacial score (nSPS) is 11.3. The fraction of sp³-hybridized carbons (Fsp3) is 0.100. The fourth-order valence-electron chi connectivity index (χ4n) is 1.30. The van der Waals surface area contributed by atoms with Gasteiger partial charge in [-0.1, -0.05) is 29.3 Å². The summed E-state index contributed by atoms with van der Waals surface area (Å²) in [5.74, 6) is 0. The molecular formula is C10H8Cl2N4O2S. The summed E-state index contributed by atoms with van der Waals surface area (Å²) in [4.78, 5) is 10.7. The molecule has 1 aromatic carbocycles. The van der Waals surface area contributed by atoms with Crippen LogP contribution >= 0.6 is 23.2 Å². The first-order valence-corrected chi connectivity index (χ1v) is 7.25. The van der Waals surface area contributed by atoms with Crippen LogP contribution in [0.2, 0.25) is 10.0 Å². The monoisotopic (exact) mass is 318 g/mol. The maximum atomic E-state index is 12.0.